The summed E-state index contributed by atoms with van der Waals surface area (Å²) in [6, 6.07) is 5.32. The van der Waals surface area contributed by atoms with Crippen LogP contribution < -0.4 is 4.74 Å². The largest absolute Gasteiger partial charge is 0.473 e. The number of halogens is 3. The summed E-state index contributed by atoms with van der Waals surface area (Å²) in [5, 5.41) is 0. The molecule has 21 heavy (non-hydrogen) atoms. The van der Waals surface area contributed by atoms with Crippen LogP contribution in [0.3, 0.4) is 0 Å². The molecule has 0 saturated carbocycles. The molecule has 0 aliphatic heterocycles. The summed E-state index contributed by atoms with van der Waals surface area (Å²) >= 11 is 1.82. The highest BCUT2D eigenvalue weighted by Gasteiger charge is 2.12. The van der Waals surface area contributed by atoms with Crippen LogP contribution in [0.4, 0.5) is 8.78 Å². The predicted molar refractivity (Wildman–Crippen MR) is 79.0 cm³/mol. The Labute approximate surface area is 133 Å². The lowest BCUT2D eigenvalue weighted by Crippen LogP contribution is -2.05. The predicted octanol–water partition coefficient (Wildman–Crippen LogP) is 3.33. The summed E-state index contributed by atoms with van der Waals surface area (Å²) in [7, 11) is 1.26. The fraction of sp³-hybridized carbons (Fsp3) is 0.143. The van der Waals surface area contributed by atoms with Crippen molar-refractivity contribution in [3.63, 3.8) is 0 Å². The van der Waals surface area contributed by atoms with Gasteiger partial charge in [-0.1, -0.05) is 0 Å². The quantitative estimate of drug-likeness (QED) is 0.579. The highest BCUT2D eigenvalue weighted by Crippen LogP contribution is 2.19. The number of hydrogen-bond donors (Lipinski definition) is 0. The van der Waals surface area contributed by atoms with Gasteiger partial charge in [-0.3, -0.25) is 0 Å². The van der Waals surface area contributed by atoms with Crippen molar-refractivity contribution in [1.82, 2.24) is 4.98 Å². The molecule has 1 aromatic heterocycles. The van der Waals surface area contributed by atoms with Crippen LogP contribution >= 0.6 is 22.6 Å². The summed E-state index contributed by atoms with van der Waals surface area (Å²) in [6.45, 7) is -0.293. The van der Waals surface area contributed by atoms with Gasteiger partial charge in [-0.15, -0.1) is 0 Å². The summed E-state index contributed by atoms with van der Waals surface area (Å²) in [6.07, 6.45) is 1.27. The van der Waals surface area contributed by atoms with E-state index in [4.69, 9.17) is 4.74 Å². The normalized spacial score (nSPS) is 10.3. The average Bonchev–Trinajstić information content (AvgIpc) is 2.46. The van der Waals surface area contributed by atoms with E-state index in [0.29, 0.717) is 3.57 Å². The highest BCUT2D eigenvalue weighted by molar-refractivity contribution is 14.1. The van der Waals surface area contributed by atoms with Crippen molar-refractivity contribution in [2.75, 3.05) is 7.11 Å². The van der Waals surface area contributed by atoms with Crippen molar-refractivity contribution < 1.29 is 23.0 Å². The lowest BCUT2D eigenvalue weighted by atomic mass is 10.2. The number of benzene rings is 1. The van der Waals surface area contributed by atoms with Crippen LogP contribution in [0.1, 0.15) is 15.9 Å². The Bertz CT molecular complexity index is 639. The molecular weight excluding hydrogens is 395 g/mol. The topological polar surface area (TPSA) is 48.4 Å². The van der Waals surface area contributed by atoms with Gasteiger partial charge in [-0.05, 0) is 40.8 Å². The standard InChI is InChI=1S/C14H10F2INO3/c1-20-14(19)8-2-3-13(18-6-8)21-7-10-11(15)4-9(17)5-12(10)16/h2-6H,7H2,1H3. The van der Waals surface area contributed by atoms with Gasteiger partial charge in [0.25, 0.3) is 0 Å². The molecule has 1 aromatic carbocycles. The molecule has 0 fully saturated rings. The van der Waals surface area contributed by atoms with Crippen LogP contribution in [-0.4, -0.2) is 18.1 Å². The molecule has 4 nitrogen and oxygen atoms in total. The van der Waals surface area contributed by atoms with E-state index in [1.165, 1.54) is 37.6 Å². The Balaban J connectivity index is 2.08. The van der Waals surface area contributed by atoms with Gasteiger partial charge in [0, 0.05) is 15.8 Å². The fourth-order valence-electron chi connectivity index (χ4n) is 1.56. The third kappa shape index (κ3) is 3.87. The van der Waals surface area contributed by atoms with Gasteiger partial charge in [0.1, 0.15) is 18.2 Å². The van der Waals surface area contributed by atoms with Crippen molar-refractivity contribution >= 4 is 28.6 Å². The van der Waals surface area contributed by atoms with Crippen LogP contribution in [-0.2, 0) is 11.3 Å². The number of rotatable bonds is 4. The monoisotopic (exact) mass is 405 g/mol. The summed E-state index contributed by atoms with van der Waals surface area (Å²) in [5.74, 6) is -1.72. The molecule has 0 aliphatic rings. The molecule has 7 heteroatoms. The van der Waals surface area contributed by atoms with E-state index < -0.39 is 17.6 Å². The zero-order valence-electron chi connectivity index (χ0n) is 10.9. The molecule has 110 valence electrons. The second-order valence-corrected chi connectivity index (χ2v) is 5.26. The average molecular weight is 405 g/mol. The Kier molecular flexibility index (Phi) is 5.05. The van der Waals surface area contributed by atoms with Gasteiger partial charge >= 0.3 is 5.97 Å². The molecule has 2 rings (SSSR count). The van der Waals surface area contributed by atoms with Crippen LogP contribution in [0.15, 0.2) is 30.5 Å². The van der Waals surface area contributed by atoms with Gasteiger partial charge in [-0.25, -0.2) is 18.6 Å². The number of esters is 1. The Morgan fingerprint density at radius 2 is 1.95 bits per heavy atom. The number of carbonyl (C=O) groups excluding carboxylic acids is 1. The number of pyridine rings is 1. The maximum Gasteiger partial charge on any atom is 0.339 e. The molecular formula is C14H10F2INO3. The minimum Gasteiger partial charge on any atom is -0.473 e. The molecule has 0 bridgehead atoms. The Morgan fingerprint density at radius 3 is 2.48 bits per heavy atom. The molecule has 0 amide bonds. The van der Waals surface area contributed by atoms with E-state index in [1.807, 2.05) is 22.6 Å². The minimum atomic E-state index is -0.675. The second kappa shape index (κ2) is 6.79. The maximum absolute atomic E-state index is 13.6. The molecule has 2 aromatic rings. The minimum absolute atomic E-state index is 0.153. The fourth-order valence-corrected chi connectivity index (χ4v) is 2.11. The Morgan fingerprint density at radius 1 is 1.29 bits per heavy atom. The summed E-state index contributed by atoms with van der Waals surface area (Å²) in [4.78, 5) is 15.1. The molecule has 0 unspecified atom stereocenters. The van der Waals surface area contributed by atoms with Gasteiger partial charge in [0.05, 0.1) is 18.2 Å². The van der Waals surface area contributed by atoms with Crippen LogP contribution in [0.25, 0.3) is 0 Å². The third-order valence-corrected chi connectivity index (χ3v) is 3.25. The first-order valence-corrected chi connectivity index (χ1v) is 6.89. The molecule has 0 aliphatic carbocycles. The van der Waals surface area contributed by atoms with E-state index in [2.05, 4.69) is 9.72 Å². The smallest absolute Gasteiger partial charge is 0.339 e. The van der Waals surface area contributed by atoms with E-state index >= 15 is 0 Å². The van der Waals surface area contributed by atoms with Crippen LogP contribution in [0, 0.1) is 15.2 Å². The molecule has 0 N–H and O–H groups in total. The highest BCUT2D eigenvalue weighted by atomic mass is 127. The summed E-state index contributed by atoms with van der Waals surface area (Å²) in [5.41, 5.74) is 0.0886. The zero-order valence-corrected chi connectivity index (χ0v) is 13.1. The van der Waals surface area contributed by atoms with Crippen LogP contribution in [0.5, 0.6) is 5.88 Å². The number of hydrogen-bond acceptors (Lipinski definition) is 4. The molecule has 0 atom stereocenters. The van der Waals surface area contributed by atoms with E-state index in [9.17, 15) is 13.6 Å². The summed E-state index contributed by atoms with van der Waals surface area (Å²) < 4.78 is 37.5. The maximum atomic E-state index is 13.6. The van der Waals surface area contributed by atoms with Crippen LogP contribution in [0.2, 0.25) is 0 Å². The van der Waals surface area contributed by atoms with Gasteiger partial charge in [0.15, 0.2) is 0 Å². The van der Waals surface area contributed by atoms with Crippen molar-refractivity contribution in [3.05, 3.63) is 56.8 Å². The molecule has 1 heterocycles. The zero-order chi connectivity index (χ0) is 15.4. The van der Waals surface area contributed by atoms with Gasteiger partial charge in [-0.2, -0.15) is 0 Å². The lowest BCUT2D eigenvalue weighted by Gasteiger charge is -2.08. The van der Waals surface area contributed by atoms with E-state index in [1.54, 1.807) is 0 Å². The van der Waals surface area contributed by atoms with E-state index in [-0.39, 0.29) is 23.6 Å². The van der Waals surface area contributed by atoms with Crippen molar-refractivity contribution in [2.45, 2.75) is 6.61 Å². The number of methoxy groups -OCH3 is 1. The third-order valence-electron chi connectivity index (χ3n) is 2.63. The lowest BCUT2D eigenvalue weighted by molar-refractivity contribution is 0.0600. The molecule has 0 spiro atoms. The van der Waals surface area contributed by atoms with Crippen molar-refractivity contribution in [1.29, 1.82) is 0 Å². The van der Waals surface area contributed by atoms with Gasteiger partial charge in [0.2, 0.25) is 5.88 Å². The number of carbonyl (C=O) groups is 1. The molecule has 0 saturated heterocycles. The van der Waals surface area contributed by atoms with Crippen molar-refractivity contribution in [3.8, 4) is 5.88 Å². The van der Waals surface area contributed by atoms with E-state index in [0.717, 1.165) is 0 Å². The first-order valence-electron chi connectivity index (χ1n) is 5.82. The number of ether oxygens (including phenoxy) is 2. The molecule has 0 radical (unpaired) electrons. The van der Waals surface area contributed by atoms with Gasteiger partial charge < -0.3 is 9.47 Å². The second-order valence-electron chi connectivity index (χ2n) is 4.01. The number of aromatic nitrogens is 1. The number of nitrogens with zero attached hydrogens (tertiary/aromatic N) is 1. The van der Waals surface area contributed by atoms with Crippen molar-refractivity contribution in [2.24, 2.45) is 0 Å². The Hall–Kier alpha value is -1.77. The SMILES string of the molecule is COC(=O)c1ccc(OCc2c(F)cc(I)cc2F)nc1. The first-order chi connectivity index (χ1) is 10.0. The first kappa shape index (κ1) is 15.6.